The first-order valence-corrected chi connectivity index (χ1v) is 10.9. The van der Waals surface area contributed by atoms with Gasteiger partial charge in [-0.25, -0.2) is 4.98 Å². The van der Waals surface area contributed by atoms with Crippen molar-refractivity contribution in [3.05, 3.63) is 70.4 Å². The van der Waals surface area contributed by atoms with Crippen LogP contribution >= 0.6 is 11.3 Å². The number of ether oxygens (including phenoxy) is 2. The molecule has 11 heteroatoms. The van der Waals surface area contributed by atoms with E-state index >= 15 is 0 Å². The van der Waals surface area contributed by atoms with Gasteiger partial charge in [-0.2, -0.15) is 0 Å². The summed E-state index contributed by atoms with van der Waals surface area (Å²) in [7, 11) is 1.89. The molecule has 0 atom stereocenters. The topological polar surface area (TPSA) is 120 Å². The van der Waals surface area contributed by atoms with Crippen LogP contribution in [0.2, 0.25) is 0 Å². The van der Waals surface area contributed by atoms with Crippen LogP contribution in [0.3, 0.4) is 0 Å². The Morgan fingerprint density at radius 1 is 1.18 bits per heavy atom. The first-order valence-electron chi connectivity index (χ1n) is 10.1. The average molecular weight is 470 g/mol. The van der Waals surface area contributed by atoms with E-state index in [9.17, 15) is 14.9 Å². The predicted octanol–water partition coefficient (Wildman–Crippen LogP) is 5.22. The fraction of sp³-hybridized carbons (Fsp3) is 0.273. The fourth-order valence-corrected chi connectivity index (χ4v) is 3.32. The highest BCUT2D eigenvalue weighted by Crippen LogP contribution is 2.30. The Kier molecular flexibility index (Phi) is 8.42. The number of anilines is 1. The number of thiazole rings is 1. The van der Waals surface area contributed by atoms with Crippen LogP contribution in [0.25, 0.3) is 0 Å². The Hall–Kier alpha value is -3.86. The zero-order valence-corrected chi connectivity index (χ0v) is 19.0. The van der Waals surface area contributed by atoms with E-state index in [1.807, 2.05) is 61.3 Å². The van der Waals surface area contributed by atoms with E-state index in [1.165, 1.54) is 0 Å². The third kappa shape index (κ3) is 7.35. The summed E-state index contributed by atoms with van der Waals surface area (Å²) < 4.78 is 10.7. The number of benzene rings is 2. The van der Waals surface area contributed by atoms with Gasteiger partial charge in [-0.15, -0.1) is 10.2 Å². The number of para-hydroxylation sites is 1. The Morgan fingerprint density at radius 3 is 2.67 bits per heavy atom. The molecule has 2 aromatic carbocycles. The van der Waals surface area contributed by atoms with Crippen molar-refractivity contribution in [1.82, 2.24) is 4.98 Å². The zero-order chi connectivity index (χ0) is 23.6. The smallest absolute Gasteiger partial charge is 0.345 e. The molecule has 0 aliphatic carbocycles. The highest BCUT2D eigenvalue weighted by Gasteiger charge is 2.11. The molecule has 0 fully saturated rings. The number of nitrogens with zero attached hydrogens (tertiary/aromatic N) is 5. The van der Waals surface area contributed by atoms with Crippen molar-refractivity contribution in [2.24, 2.45) is 10.2 Å². The molecule has 0 amide bonds. The van der Waals surface area contributed by atoms with Gasteiger partial charge in [0.15, 0.2) is 0 Å². The van der Waals surface area contributed by atoms with Crippen LogP contribution in [0.5, 0.6) is 5.75 Å². The third-order valence-corrected chi connectivity index (χ3v) is 5.37. The van der Waals surface area contributed by atoms with Gasteiger partial charge in [0.2, 0.25) is 5.13 Å². The van der Waals surface area contributed by atoms with E-state index < -0.39 is 4.92 Å². The summed E-state index contributed by atoms with van der Waals surface area (Å²) >= 11 is 0.859. The summed E-state index contributed by atoms with van der Waals surface area (Å²) in [6, 6.07) is 14.9. The maximum Gasteiger partial charge on any atom is 0.345 e. The minimum absolute atomic E-state index is 0.0834. The van der Waals surface area contributed by atoms with Gasteiger partial charge in [0, 0.05) is 19.3 Å². The number of carbonyl (C=O) groups excluding carboxylic acids is 1. The van der Waals surface area contributed by atoms with Crippen LogP contribution in [-0.4, -0.2) is 42.7 Å². The molecule has 0 bridgehead atoms. The summed E-state index contributed by atoms with van der Waals surface area (Å²) in [6.07, 6.45) is 1.40. The molecule has 0 aliphatic heterocycles. The zero-order valence-electron chi connectivity index (χ0n) is 18.2. The summed E-state index contributed by atoms with van der Waals surface area (Å²) in [4.78, 5) is 28.0. The predicted molar refractivity (Wildman–Crippen MR) is 125 cm³/mol. The van der Waals surface area contributed by atoms with Gasteiger partial charge in [0.05, 0.1) is 17.0 Å². The van der Waals surface area contributed by atoms with E-state index in [4.69, 9.17) is 9.47 Å². The van der Waals surface area contributed by atoms with E-state index in [0.29, 0.717) is 18.8 Å². The molecule has 33 heavy (non-hydrogen) atoms. The maximum atomic E-state index is 12.0. The van der Waals surface area contributed by atoms with E-state index in [1.54, 1.807) is 6.07 Å². The molecule has 0 saturated heterocycles. The number of nitro groups is 1. The van der Waals surface area contributed by atoms with Crippen molar-refractivity contribution >= 4 is 38.8 Å². The lowest BCUT2D eigenvalue weighted by Gasteiger charge is -2.19. The van der Waals surface area contributed by atoms with Gasteiger partial charge < -0.3 is 14.4 Å². The molecule has 1 heterocycles. The van der Waals surface area contributed by atoms with Crippen LogP contribution in [0.15, 0.2) is 65.0 Å². The van der Waals surface area contributed by atoms with Gasteiger partial charge in [0.25, 0.3) is 0 Å². The van der Waals surface area contributed by atoms with Gasteiger partial charge in [0.1, 0.15) is 25.2 Å². The lowest BCUT2D eigenvalue weighted by Crippen LogP contribution is -2.22. The number of aryl methyl sites for hydroxylation is 1. The number of azo groups is 1. The standard InChI is InChI=1S/C22H23N5O5S/c1-16-14-17(8-9-19(16)24-25-22-23-15-20(33-22)27(29)30)26(2)11-10-21(28)32-13-12-31-18-6-4-3-5-7-18/h3-9,14-15H,10-13H2,1-2H3. The minimum atomic E-state index is -0.513. The number of hydrogen-bond donors (Lipinski definition) is 0. The Bertz CT molecular complexity index is 1120. The summed E-state index contributed by atoms with van der Waals surface area (Å²) in [5, 5.41) is 19.0. The van der Waals surface area contributed by atoms with Gasteiger partial charge in [-0.1, -0.05) is 18.2 Å². The van der Waals surface area contributed by atoms with Crippen molar-refractivity contribution in [2.45, 2.75) is 13.3 Å². The summed E-state index contributed by atoms with van der Waals surface area (Å²) in [5.74, 6) is 0.442. The molecule has 0 N–H and O–H groups in total. The maximum absolute atomic E-state index is 12.0. The highest BCUT2D eigenvalue weighted by molar-refractivity contribution is 7.18. The largest absolute Gasteiger partial charge is 0.490 e. The molecule has 1 aromatic heterocycles. The van der Waals surface area contributed by atoms with Crippen LogP contribution in [-0.2, 0) is 9.53 Å². The average Bonchev–Trinajstić information content (AvgIpc) is 3.29. The highest BCUT2D eigenvalue weighted by atomic mass is 32.1. The second-order valence-electron chi connectivity index (χ2n) is 6.96. The second kappa shape index (κ2) is 11.7. The third-order valence-electron chi connectivity index (χ3n) is 4.54. The minimum Gasteiger partial charge on any atom is -0.490 e. The van der Waals surface area contributed by atoms with Crippen LogP contribution in [0.4, 0.5) is 21.5 Å². The molecule has 0 spiro atoms. The van der Waals surface area contributed by atoms with E-state index in [2.05, 4.69) is 15.2 Å². The molecule has 0 radical (unpaired) electrons. The van der Waals surface area contributed by atoms with Crippen molar-refractivity contribution in [1.29, 1.82) is 0 Å². The molecular formula is C22H23N5O5S. The molecule has 3 aromatic rings. The Morgan fingerprint density at radius 2 is 1.97 bits per heavy atom. The molecule has 10 nitrogen and oxygen atoms in total. The van der Waals surface area contributed by atoms with Crippen molar-refractivity contribution in [3.63, 3.8) is 0 Å². The fourth-order valence-electron chi connectivity index (χ4n) is 2.77. The summed E-state index contributed by atoms with van der Waals surface area (Å²) in [5.41, 5.74) is 2.41. The number of rotatable bonds is 11. The normalized spacial score (nSPS) is 10.8. The van der Waals surface area contributed by atoms with Gasteiger partial charge >= 0.3 is 11.0 Å². The Balaban J connectivity index is 1.44. The van der Waals surface area contributed by atoms with E-state index in [-0.39, 0.29) is 29.1 Å². The number of carbonyl (C=O) groups is 1. The lowest BCUT2D eigenvalue weighted by molar-refractivity contribution is -0.380. The summed E-state index contributed by atoms with van der Waals surface area (Å²) in [6.45, 7) is 2.87. The van der Waals surface area contributed by atoms with Gasteiger partial charge in [-0.05, 0) is 54.2 Å². The number of esters is 1. The van der Waals surface area contributed by atoms with Crippen LogP contribution in [0.1, 0.15) is 12.0 Å². The second-order valence-corrected chi connectivity index (χ2v) is 7.95. The molecular weight excluding hydrogens is 446 g/mol. The van der Waals surface area contributed by atoms with Crippen LogP contribution < -0.4 is 9.64 Å². The van der Waals surface area contributed by atoms with Crippen LogP contribution in [0, 0.1) is 17.0 Å². The monoisotopic (exact) mass is 469 g/mol. The molecule has 0 aliphatic rings. The van der Waals surface area contributed by atoms with Crippen molar-refractivity contribution in [3.8, 4) is 5.75 Å². The molecule has 172 valence electrons. The van der Waals surface area contributed by atoms with Crippen molar-refractivity contribution < 1.29 is 19.2 Å². The van der Waals surface area contributed by atoms with Crippen molar-refractivity contribution in [2.75, 3.05) is 31.7 Å². The number of aromatic nitrogens is 1. The first kappa shape index (κ1) is 23.8. The van der Waals surface area contributed by atoms with E-state index in [0.717, 1.165) is 34.5 Å². The SMILES string of the molecule is Cc1cc(N(C)CCC(=O)OCCOc2ccccc2)ccc1N=Nc1ncc([N+](=O)[O-])s1. The first-order chi connectivity index (χ1) is 15.9. The number of hydrogen-bond acceptors (Lipinski definition) is 10. The molecule has 3 rings (SSSR count). The lowest BCUT2D eigenvalue weighted by atomic mass is 10.1. The quantitative estimate of drug-likeness (QED) is 0.124. The molecule has 0 saturated carbocycles. The molecule has 0 unspecified atom stereocenters. The Labute approximate surface area is 194 Å². The van der Waals surface area contributed by atoms with Gasteiger partial charge in [-0.3, -0.25) is 14.9 Å².